The van der Waals surface area contributed by atoms with E-state index in [0.717, 1.165) is 12.6 Å². The van der Waals surface area contributed by atoms with Crippen LogP contribution in [-0.4, -0.2) is 67.8 Å². The van der Waals surface area contributed by atoms with Gasteiger partial charge in [-0.1, -0.05) is 0 Å². The van der Waals surface area contributed by atoms with Gasteiger partial charge >= 0.3 is 17.8 Å². The number of fused-ring (bicyclic) bond motifs is 1. The van der Waals surface area contributed by atoms with Gasteiger partial charge < -0.3 is 25.4 Å². The van der Waals surface area contributed by atoms with Crippen molar-refractivity contribution in [2.75, 3.05) is 29.9 Å². The third kappa shape index (κ3) is 5.93. The van der Waals surface area contributed by atoms with E-state index in [-0.39, 0.29) is 30.3 Å². The van der Waals surface area contributed by atoms with Gasteiger partial charge in [-0.2, -0.15) is 5.10 Å². The summed E-state index contributed by atoms with van der Waals surface area (Å²) >= 11 is 0. The number of ether oxygens (including phenoxy) is 1. The average molecular weight is 514 g/mol. The van der Waals surface area contributed by atoms with Crippen molar-refractivity contribution in [3.8, 4) is 0 Å². The molecular weight excluding hydrogens is 485 g/mol. The van der Waals surface area contributed by atoms with E-state index in [4.69, 9.17) is 4.74 Å². The fourth-order valence-corrected chi connectivity index (χ4v) is 4.14. The summed E-state index contributed by atoms with van der Waals surface area (Å²) < 4.78 is 20.7. The zero-order chi connectivity index (χ0) is 26.7. The summed E-state index contributed by atoms with van der Waals surface area (Å²) in [6.07, 6.45) is 5.49. The molecule has 37 heavy (non-hydrogen) atoms. The van der Waals surface area contributed by atoms with Crippen molar-refractivity contribution in [3.05, 3.63) is 47.7 Å². The first-order valence-electron chi connectivity index (χ1n) is 11.8. The van der Waals surface area contributed by atoms with E-state index in [1.165, 1.54) is 16.8 Å². The summed E-state index contributed by atoms with van der Waals surface area (Å²) in [5.74, 6) is -2.48. The minimum Gasteiger partial charge on any atom is -0.477 e. The van der Waals surface area contributed by atoms with Crippen LogP contribution in [0, 0.1) is 5.82 Å². The molecule has 1 amide bonds. The molecule has 0 saturated carbocycles. The van der Waals surface area contributed by atoms with Crippen molar-refractivity contribution in [3.63, 3.8) is 0 Å². The zero-order valence-corrected chi connectivity index (χ0v) is 20.7. The second kappa shape index (κ2) is 10.4. The highest BCUT2D eigenvalue weighted by Crippen LogP contribution is 2.38. The number of carboxylic acid groups (broad SMARTS) is 1. The van der Waals surface area contributed by atoms with Crippen molar-refractivity contribution in [2.45, 2.75) is 45.3 Å². The van der Waals surface area contributed by atoms with Crippen molar-refractivity contribution in [1.82, 2.24) is 24.9 Å². The Kier molecular flexibility index (Phi) is 7.23. The fraction of sp³-hybridized carbons (Fsp3) is 0.417. The highest BCUT2D eigenvalue weighted by molar-refractivity contribution is 6.32. The topological polar surface area (TPSA) is 151 Å². The van der Waals surface area contributed by atoms with Crippen LogP contribution in [0.25, 0.3) is 5.65 Å². The Balaban J connectivity index is 1.48. The average Bonchev–Trinajstić information content (AvgIpc) is 3.48. The molecule has 4 heterocycles. The second-order valence-electron chi connectivity index (χ2n) is 9.54. The zero-order valence-electron chi connectivity index (χ0n) is 20.7. The molecule has 1 aliphatic rings. The molecule has 1 atom stereocenters. The highest BCUT2D eigenvalue weighted by atomic mass is 19.1. The number of amides is 1. The van der Waals surface area contributed by atoms with Gasteiger partial charge in [-0.05, 0) is 45.7 Å². The Morgan fingerprint density at radius 1 is 1.24 bits per heavy atom. The minimum absolute atomic E-state index is 0.0131. The van der Waals surface area contributed by atoms with Crippen LogP contribution in [-0.2, 0) is 14.3 Å². The molecule has 0 spiro atoms. The number of carbonyl (C=O) groups excluding carboxylic acids is 2. The summed E-state index contributed by atoms with van der Waals surface area (Å²) in [6, 6.07) is 2.86. The van der Waals surface area contributed by atoms with E-state index in [0.29, 0.717) is 30.2 Å². The molecule has 3 N–H and O–H groups in total. The fourth-order valence-electron chi connectivity index (χ4n) is 4.14. The van der Waals surface area contributed by atoms with Gasteiger partial charge in [0.25, 0.3) is 0 Å². The first-order valence-corrected chi connectivity index (χ1v) is 11.8. The standard InChI is InChI=1S/C24H28FN7O5/c1-24(2,3)37-23(36)21(33)27-8-7-26-19-15(11-14(25)12-28-19)17-5-4-9-31(17)18-6-10-32-20(30-18)16(13-29-32)22(34)35/h6,10-13,17H,4-5,7-9H2,1-3H3,(H,26,28)(H,27,33)(H,34,35)/t17-/m1/s1. The van der Waals surface area contributed by atoms with Gasteiger partial charge in [0.1, 0.15) is 28.6 Å². The summed E-state index contributed by atoms with van der Waals surface area (Å²) in [4.78, 5) is 46.0. The van der Waals surface area contributed by atoms with E-state index in [1.807, 2.05) is 4.90 Å². The van der Waals surface area contributed by atoms with Crippen LogP contribution in [0.2, 0.25) is 0 Å². The summed E-state index contributed by atoms with van der Waals surface area (Å²) in [5.41, 5.74) is 0.0249. The molecule has 4 rings (SSSR count). The Hall–Kier alpha value is -4.29. The number of halogens is 1. The Bertz CT molecular complexity index is 1340. The number of rotatable bonds is 7. The van der Waals surface area contributed by atoms with Crippen LogP contribution in [0.4, 0.5) is 16.0 Å². The molecule has 0 aliphatic carbocycles. The van der Waals surface area contributed by atoms with Crippen LogP contribution >= 0.6 is 0 Å². The molecule has 1 fully saturated rings. The lowest BCUT2D eigenvalue weighted by Gasteiger charge is -2.27. The summed E-state index contributed by atoms with van der Waals surface area (Å²) in [6.45, 7) is 5.98. The lowest BCUT2D eigenvalue weighted by molar-refractivity contribution is -0.163. The summed E-state index contributed by atoms with van der Waals surface area (Å²) in [5, 5.41) is 19.0. The second-order valence-corrected chi connectivity index (χ2v) is 9.54. The van der Waals surface area contributed by atoms with Crippen LogP contribution < -0.4 is 15.5 Å². The number of carboxylic acids is 1. The minimum atomic E-state index is -1.13. The van der Waals surface area contributed by atoms with E-state index >= 15 is 0 Å². The van der Waals surface area contributed by atoms with Gasteiger partial charge in [-0.25, -0.2) is 28.5 Å². The van der Waals surface area contributed by atoms with E-state index in [1.54, 1.807) is 33.0 Å². The van der Waals surface area contributed by atoms with Crippen molar-refractivity contribution < 1.29 is 28.6 Å². The number of hydrogen-bond donors (Lipinski definition) is 3. The number of aromatic nitrogens is 4. The number of aromatic carboxylic acids is 1. The lowest BCUT2D eigenvalue weighted by Crippen LogP contribution is -2.39. The van der Waals surface area contributed by atoms with Crippen LogP contribution in [0.5, 0.6) is 0 Å². The normalized spacial score (nSPS) is 15.6. The molecule has 1 aliphatic heterocycles. The van der Waals surface area contributed by atoms with Gasteiger partial charge in [0.2, 0.25) is 0 Å². The van der Waals surface area contributed by atoms with Crippen molar-refractivity contribution in [1.29, 1.82) is 0 Å². The Morgan fingerprint density at radius 3 is 2.76 bits per heavy atom. The first-order chi connectivity index (χ1) is 17.5. The van der Waals surface area contributed by atoms with E-state index in [2.05, 4.69) is 25.7 Å². The van der Waals surface area contributed by atoms with Gasteiger partial charge in [-0.15, -0.1) is 0 Å². The van der Waals surface area contributed by atoms with Crippen LogP contribution in [0.3, 0.4) is 0 Å². The molecule has 0 radical (unpaired) electrons. The molecule has 3 aromatic rings. The molecule has 0 aromatic carbocycles. The van der Waals surface area contributed by atoms with Gasteiger partial charge in [-0.3, -0.25) is 4.79 Å². The van der Waals surface area contributed by atoms with Gasteiger partial charge in [0.05, 0.1) is 18.4 Å². The third-order valence-corrected chi connectivity index (χ3v) is 5.66. The molecule has 1 saturated heterocycles. The van der Waals surface area contributed by atoms with Crippen molar-refractivity contribution in [2.24, 2.45) is 0 Å². The number of hydrogen-bond acceptors (Lipinski definition) is 9. The number of carbonyl (C=O) groups is 3. The SMILES string of the molecule is CC(C)(C)OC(=O)C(=O)NCCNc1ncc(F)cc1[C@H]1CCCN1c1ccn2ncc(C(=O)O)c2n1. The highest BCUT2D eigenvalue weighted by Gasteiger charge is 2.31. The number of nitrogens with one attached hydrogen (secondary N) is 2. The number of anilines is 2. The monoisotopic (exact) mass is 513 g/mol. The van der Waals surface area contributed by atoms with Gasteiger partial charge in [0, 0.05) is 31.4 Å². The van der Waals surface area contributed by atoms with E-state index in [9.17, 15) is 23.9 Å². The van der Waals surface area contributed by atoms with Crippen LogP contribution in [0.1, 0.15) is 55.6 Å². The smallest absolute Gasteiger partial charge is 0.397 e. The quantitative estimate of drug-likeness (QED) is 0.244. The Labute approximate surface area is 211 Å². The predicted molar refractivity (Wildman–Crippen MR) is 131 cm³/mol. The molecule has 12 nitrogen and oxygen atoms in total. The lowest BCUT2D eigenvalue weighted by atomic mass is 10.0. The molecule has 3 aromatic heterocycles. The summed E-state index contributed by atoms with van der Waals surface area (Å²) in [7, 11) is 0. The predicted octanol–water partition coefficient (Wildman–Crippen LogP) is 2.17. The molecule has 196 valence electrons. The van der Waals surface area contributed by atoms with Crippen LogP contribution in [0.15, 0.2) is 30.7 Å². The molecular formula is C24H28FN7O5. The third-order valence-electron chi connectivity index (χ3n) is 5.66. The van der Waals surface area contributed by atoms with Gasteiger partial charge in [0.15, 0.2) is 5.65 Å². The first kappa shape index (κ1) is 25.8. The Morgan fingerprint density at radius 2 is 2.03 bits per heavy atom. The maximum atomic E-state index is 14.2. The number of esters is 1. The number of pyridine rings is 1. The van der Waals surface area contributed by atoms with E-state index < -0.39 is 29.3 Å². The largest absolute Gasteiger partial charge is 0.477 e. The molecule has 0 unspecified atom stereocenters. The maximum absolute atomic E-state index is 14.2. The van der Waals surface area contributed by atoms with Crippen molar-refractivity contribution >= 4 is 35.1 Å². The molecule has 13 heteroatoms. The maximum Gasteiger partial charge on any atom is 0.397 e. The molecule has 0 bridgehead atoms. The number of nitrogens with zero attached hydrogens (tertiary/aromatic N) is 5.